The number of nitrogens with zero attached hydrogens (tertiary/aromatic N) is 2. The number of amides is 6. The van der Waals surface area contributed by atoms with Crippen molar-refractivity contribution in [2.45, 2.75) is 82.0 Å². The predicted molar refractivity (Wildman–Crippen MR) is 246 cm³/mol. The number of carboxylic acid groups (broad SMARTS) is 1. The molecule has 6 amide bonds. The van der Waals surface area contributed by atoms with E-state index in [2.05, 4.69) is 37.2 Å². The van der Waals surface area contributed by atoms with E-state index in [1.165, 1.54) is 24.3 Å². The average molecular weight is 942 g/mol. The van der Waals surface area contributed by atoms with Crippen molar-refractivity contribution in [3.05, 3.63) is 95.8 Å². The molecule has 20 nitrogen and oxygen atoms in total. The van der Waals surface area contributed by atoms with E-state index >= 15 is 8.63 Å². The van der Waals surface area contributed by atoms with E-state index in [-0.39, 0.29) is 75.5 Å². The van der Waals surface area contributed by atoms with Crippen molar-refractivity contribution in [2.75, 3.05) is 19.6 Å². The summed E-state index contributed by atoms with van der Waals surface area (Å²) in [5.41, 5.74) is 7.81. The number of guanidine groups is 1. The Hall–Kier alpha value is -7.85. The molecule has 1 fully saturated rings. The molecule has 4 heterocycles. The third-order valence-electron chi connectivity index (χ3n) is 11.5. The molecule has 3 aliphatic rings. The number of hydrogen-bond acceptors (Lipinski definition) is 9. The van der Waals surface area contributed by atoms with Crippen molar-refractivity contribution in [3.8, 4) is 17.0 Å². The number of allylic oxidation sites excluding steroid dienone is 2. The smallest absolute Gasteiger partial charge is 0.508 e. The zero-order valence-electron chi connectivity index (χ0n) is 36.9. The van der Waals surface area contributed by atoms with Crippen LogP contribution in [0.4, 0.5) is 8.63 Å². The zero-order chi connectivity index (χ0) is 49.0. The quantitative estimate of drug-likeness (QED) is 0.0385. The van der Waals surface area contributed by atoms with Crippen LogP contribution >= 0.6 is 0 Å². The van der Waals surface area contributed by atoms with Gasteiger partial charge in [0.25, 0.3) is 0 Å². The maximum absolute atomic E-state index is 16.3. The molecule has 360 valence electrons. The maximum Gasteiger partial charge on any atom is 0.737 e. The molecule has 68 heavy (non-hydrogen) atoms. The van der Waals surface area contributed by atoms with E-state index < -0.39 is 85.5 Å². The van der Waals surface area contributed by atoms with Crippen LogP contribution in [0.5, 0.6) is 5.75 Å². The molecule has 3 aromatic rings. The third-order valence-corrected chi connectivity index (χ3v) is 11.5. The summed E-state index contributed by atoms with van der Waals surface area (Å²) in [5.74, 6) is -6.70. The first-order chi connectivity index (χ1) is 32.5. The van der Waals surface area contributed by atoms with Crippen LogP contribution in [0.2, 0.25) is 0 Å². The van der Waals surface area contributed by atoms with Crippen LogP contribution in [0.25, 0.3) is 17.3 Å². The lowest BCUT2D eigenvalue weighted by Crippen LogP contribution is -2.58. The fourth-order valence-corrected chi connectivity index (χ4v) is 8.16. The molecule has 12 N–H and O–H groups in total. The van der Waals surface area contributed by atoms with Crippen LogP contribution in [0, 0.1) is 5.41 Å². The molecule has 1 aromatic heterocycles. The molecule has 0 unspecified atom stereocenters. The minimum Gasteiger partial charge on any atom is -0.508 e. The lowest BCUT2D eigenvalue weighted by Gasteiger charge is -2.30. The molecule has 1 saturated heterocycles. The van der Waals surface area contributed by atoms with Crippen molar-refractivity contribution in [3.63, 3.8) is 0 Å². The van der Waals surface area contributed by atoms with Gasteiger partial charge >= 0.3 is 12.9 Å². The normalized spacial score (nSPS) is 20.5. The molecule has 3 aliphatic heterocycles. The number of fused-ring (bicyclic) bond motifs is 2. The van der Waals surface area contributed by atoms with E-state index in [1.54, 1.807) is 60.7 Å². The summed E-state index contributed by atoms with van der Waals surface area (Å²) in [6.45, 7) is -4.74. The molecule has 0 saturated carbocycles. The number of phenolic OH excluding ortho intramolecular Hbond substituents is 1. The second-order valence-corrected chi connectivity index (χ2v) is 16.5. The minimum atomic E-state index is -4.30. The minimum absolute atomic E-state index is 0.0115. The van der Waals surface area contributed by atoms with Crippen molar-refractivity contribution in [1.29, 1.82) is 5.41 Å². The molecule has 0 aliphatic carbocycles. The highest BCUT2D eigenvalue weighted by Crippen LogP contribution is 2.36. The van der Waals surface area contributed by atoms with Crippen LogP contribution in [0.3, 0.4) is 0 Å². The number of phenols is 1. The van der Waals surface area contributed by atoms with Crippen LogP contribution in [-0.2, 0) is 40.0 Å². The average Bonchev–Trinajstić information content (AvgIpc) is 3.93. The first kappa shape index (κ1) is 49.6. The predicted octanol–water partition coefficient (Wildman–Crippen LogP) is 0.578. The van der Waals surface area contributed by atoms with Crippen LogP contribution in [0.15, 0.2) is 84.6 Å². The van der Waals surface area contributed by atoms with Crippen LogP contribution in [-0.4, -0.2) is 123 Å². The second-order valence-electron chi connectivity index (χ2n) is 16.5. The van der Waals surface area contributed by atoms with Crippen LogP contribution in [0.1, 0.15) is 62.6 Å². The van der Waals surface area contributed by atoms with Gasteiger partial charge in [0.15, 0.2) is 11.7 Å². The van der Waals surface area contributed by atoms with Gasteiger partial charge in [-0.2, -0.15) is 0 Å². The van der Waals surface area contributed by atoms with Gasteiger partial charge in [0.2, 0.25) is 35.4 Å². The van der Waals surface area contributed by atoms with Crippen molar-refractivity contribution >= 4 is 66.1 Å². The molecule has 0 bridgehead atoms. The number of rotatable bonds is 17. The monoisotopic (exact) mass is 941 g/mol. The molecule has 6 rings (SSSR count). The lowest BCUT2D eigenvalue weighted by molar-refractivity contribution is -0.362. The molecule has 2 aromatic carbocycles. The van der Waals surface area contributed by atoms with Crippen molar-refractivity contribution < 1.29 is 56.9 Å². The Balaban J connectivity index is 1.13. The van der Waals surface area contributed by atoms with Gasteiger partial charge in [0.1, 0.15) is 35.6 Å². The number of halogens is 2. The number of aromatic hydroxyl groups is 1. The Morgan fingerprint density at radius 1 is 0.794 bits per heavy atom. The van der Waals surface area contributed by atoms with Crippen LogP contribution < -0.4 is 43.0 Å². The first-order valence-electron chi connectivity index (χ1n) is 22.2. The summed E-state index contributed by atoms with van der Waals surface area (Å²) < 4.78 is 34.7. The summed E-state index contributed by atoms with van der Waals surface area (Å²) in [5, 5.41) is 44.5. The SMILES string of the molecule is N=C(N)NCCC[C@@H]1NC(=O)[C@H](CCCCNC(=O)CCC2=[N+]3C(=Cc4ccc(-c5ccccc5)n4[B-]3(F)F)C=C2)NC(=O)[C@@H](Cc2ccc(O)cc2)NC(=O)[C@H](CC(=O)O)NC(=O)CNC1=O. The number of benzene rings is 2. The summed E-state index contributed by atoms with van der Waals surface area (Å²) >= 11 is 0. The molecule has 0 radical (unpaired) electrons. The Bertz CT molecular complexity index is 2510. The number of aliphatic carboxylic acids is 1. The zero-order valence-corrected chi connectivity index (χ0v) is 36.9. The van der Waals surface area contributed by atoms with Gasteiger partial charge in [-0.3, -0.25) is 39.0 Å². The van der Waals surface area contributed by atoms with Gasteiger partial charge in [-0.15, -0.1) is 0 Å². The number of hydrogen-bond donors (Lipinski definition) is 11. The summed E-state index contributed by atoms with van der Waals surface area (Å²) in [6.07, 6.45) is 4.39. The van der Waals surface area contributed by atoms with Gasteiger partial charge in [0, 0.05) is 62.0 Å². The Labute approximate surface area is 389 Å². The van der Waals surface area contributed by atoms with E-state index in [9.17, 15) is 43.8 Å². The number of nitrogens with one attached hydrogen (secondary N) is 8. The molecular formula is C45H54BF2N11O9. The van der Waals surface area contributed by atoms with E-state index in [1.807, 2.05) is 0 Å². The topological polar surface area (TPSA) is 302 Å². The number of aromatic nitrogens is 1. The van der Waals surface area contributed by atoms with Crippen molar-refractivity contribution in [1.82, 2.24) is 41.7 Å². The van der Waals surface area contributed by atoms with E-state index in [0.29, 0.717) is 34.6 Å². The number of carboxylic acids is 1. The summed E-state index contributed by atoms with van der Waals surface area (Å²) in [4.78, 5) is 92.6. The largest absolute Gasteiger partial charge is 0.737 e. The Morgan fingerprint density at radius 2 is 1.44 bits per heavy atom. The standard InChI is InChI=1S/C45H54BF2N11O9/c47-46(48)58-29(13-14-30(58)24-31-15-19-37(59(31)46)28-7-2-1-3-8-28)16-20-38(61)51-21-5-4-9-34-42(66)55-33(10-6-22-52-45(49)50)41(65)53-26-39(62)54-36(25-40(63)64)44(68)57-35(43(67)56-34)23-27-11-17-32(60)18-12-27/h1-3,7-8,11-15,17-19,24,33-36,60H,4-6,9-10,16,20-23,25-26H2,(H,51,61)(H,53,65)(H,54,62)(H,55,66)(H,56,67)(H,57,68)(H,63,64)(H4,49,50,52)/t33-,34-,35+,36-/m0/s1. The summed E-state index contributed by atoms with van der Waals surface area (Å²) in [6, 6.07) is 12.2. The fourth-order valence-electron chi connectivity index (χ4n) is 8.16. The van der Waals surface area contributed by atoms with Gasteiger partial charge in [0.05, 0.1) is 13.0 Å². The van der Waals surface area contributed by atoms with Gasteiger partial charge in [-0.25, -0.2) is 0 Å². The highest BCUT2D eigenvalue weighted by molar-refractivity contribution is 6.58. The van der Waals surface area contributed by atoms with Gasteiger partial charge in [-0.05, 0) is 67.5 Å². The highest BCUT2D eigenvalue weighted by atomic mass is 19.2. The highest BCUT2D eigenvalue weighted by Gasteiger charge is 2.52. The van der Waals surface area contributed by atoms with E-state index in [0.717, 1.165) is 8.96 Å². The first-order valence-corrected chi connectivity index (χ1v) is 22.2. The summed E-state index contributed by atoms with van der Waals surface area (Å²) in [7, 11) is 0. The number of carbonyl (C=O) groups excluding carboxylic acids is 6. The Morgan fingerprint density at radius 3 is 2.15 bits per heavy atom. The third kappa shape index (κ3) is 12.9. The fraction of sp³-hybridized carbons (Fsp3) is 0.356. The number of unbranched alkanes of at least 4 members (excludes halogenated alkanes) is 1. The molecule has 0 spiro atoms. The van der Waals surface area contributed by atoms with Gasteiger partial charge < -0.3 is 70.8 Å². The second kappa shape index (κ2) is 22.6. The molecule has 23 heteroatoms. The number of carbonyl (C=O) groups is 7. The maximum atomic E-state index is 16.3. The van der Waals surface area contributed by atoms with Gasteiger partial charge in [-0.1, -0.05) is 42.5 Å². The van der Waals surface area contributed by atoms with Crippen molar-refractivity contribution in [2.24, 2.45) is 5.73 Å². The lowest BCUT2D eigenvalue weighted by atomic mass is 9.89. The molecular weight excluding hydrogens is 887 g/mol. The molecule has 4 atom stereocenters. The Kier molecular flexibility index (Phi) is 16.5. The van der Waals surface area contributed by atoms with E-state index in [4.69, 9.17) is 11.1 Å². The number of nitrogens with two attached hydrogens (primary N) is 1.